The van der Waals surface area contributed by atoms with Gasteiger partial charge in [0.15, 0.2) is 17.5 Å². The van der Waals surface area contributed by atoms with Gasteiger partial charge in [-0.15, -0.1) is 0 Å². The molecule has 0 N–H and O–H groups in total. The van der Waals surface area contributed by atoms with Crippen LogP contribution in [0.2, 0.25) is 0 Å². The van der Waals surface area contributed by atoms with E-state index in [1.165, 1.54) is 6.07 Å². The van der Waals surface area contributed by atoms with Crippen molar-refractivity contribution >= 4 is 17.1 Å². The molecule has 1 aliphatic carbocycles. The lowest BCUT2D eigenvalue weighted by Crippen LogP contribution is -2.44. The fraction of sp³-hybridized carbons (Fsp3) is 0.333. The van der Waals surface area contributed by atoms with Crippen molar-refractivity contribution in [3.8, 4) is 11.3 Å². The third-order valence-corrected chi connectivity index (χ3v) is 6.85. The molecule has 1 spiro atoms. The second-order valence-corrected chi connectivity index (χ2v) is 8.76. The molecule has 7 nitrogen and oxygen atoms in total. The van der Waals surface area contributed by atoms with Gasteiger partial charge < -0.3 is 9.32 Å². The number of piperidine rings is 1. The maximum atomic E-state index is 14.5. The molecule has 8 heteroatoms. The fourth-order valence-corrected chi connectivity index (χ4v) is 5.23. The largest absolute Gasteiger partial charge is 0.438 e. The van der Waals surface area contributed by atoms with Crippen LogP contribution in [0.25, 0.3) is 16.8 Å². The summed E-state index contributed by atoms with van der Waals surface area (Å²) in [6, 6.07) is 8.58. The van der Waals surface area contributed by atoms with E-state index in [9.17, 15) is 9.18 Å². The van der Waals surface area contributed by atoms with E-state index in [1.807, 2.05) is 19.1 Å². The van der Waals surface area contributed by atoms with Crippen molar-refractivity contribution < 1.29 is 13.6 Å². The predicted molar refractivity (Wildman–Crippen MR) is 116 cm³/mol. The lowest BCUT2D eigenvalue weighted by atomic mass is 9.75. The summed E-state index contributed by atoms with van der Waals surface area (Å²) in [4.78, 5) is 24.5. The molecule has 6 rings (SSSR count). The third kappa shape index (κ3) is 2.65. The van der Waals surface area contributed by atoms with E-state index in [0.29, 0.717) is 61.0 Å². The van der Waals surface area contributed by atoms with E-state index in [-0.39, 0.29) is 11.6 Å². The molecule has 1 aromatic carbocycles. The first-order valence-corrected chi connectivity index (χ1v) is 10.8. The number of carbonyl (C=O) groups is 1. The number of aromatic nitrogens is 4. The molecule has 0 saturated carbocycles. The lowest BCUT2D eigenvalue weighted by molar-refractivity contribution is 0.0746. The zero-order chi connectivity index (χ0) is 22.0. The number of hydrogen-bond donors (Lipinski definition) is 0. The Morgan fingerprint density at radius 2 is 1.88 bits per heavy atom. The Labute approximate surface area is 183 Å². The van der Waals surface area contributed by atoms with Crippen LogP contribution in [0.3, 0.4) is 0 Å². The molecule has 1 aliphatic heterocycles. The molecule has 1 fully saturated rings. The van der Waals surface area contributed by atoms with Gasteiger partial charge >= 0.3 is 0 Å². The molecule has 4 aromatic rings. The number of halogens is 1. The fourth-order valence-electron chi connectivity index (χ4n) is 5.23. The Kier molecular flexibility index (Phi) is 4.02. The molecule has 162 valence electrons. The minimum atomic E-state index is -0.427. The van der Waals surface area contributed by atoms with Crippen molar-refractivity contribution in [2.75, 3.05) is 18.0 Å². The van der Waals surface area contributed by atoms with Crippen LogP contribution in [0.5, 0.6) is 0 Å². The molecule has 1 saturated heterocycles. The number of anilines is 1. The zero-order valence-corrected chi connectivity index (χ0v) is 17.9. The van der Waals surface area contributed by atoms with Crippen molar-refractivity contribution in [1.29, 1.82) is 0 Å². The summed E-state index contributed by atoms with van der Waals surface area (Å²) in [5.41, 5.74) is 3.02. The number of ketones is 1. The van der Waals surface area contributed by atoms with Crippen LogP contribution in [0.1, 0.15) is 40.7 Å². The number of aryl methyl sites for hydroxylation is 2. The summed E-state index contributed by atoms with van der Waals surface area (Å²) in [5.74, 6) is 1.58. The molecule has 3 aromatic heterocycles. The summed E-state index contributed by atoms with van der Waals surface area (Å²) in [6.07, 6.45) is 3.79. The molecule has 4 heterocycles. The van der Waals surface area contributed by atoms with Crippen LogP contribution in [0.15, 0.2) is 40.9 Å². The lowest BCUT2D eigenvalue weighted by Gasteiger charge is -2.38. The number of rotatable bonds is 2. The number of nitrogens with zero attached hydrogens (tertiary/aromatic N) is 5. The van der Waals surface area contributed by atoms with Crippen LogP contribution in [-0.4, -0.2) is 38.5 Å². The van der Waals surface area contributed by atoms with Gasteiger partial charge in [-0.2, -0.15) is 5.10 Å². The van der Waals surface area contributed by atoms with Gasteiger partial charge in [0.25, 0.3) is 0 Å². The minimum Gasteiger partial charge on any atom is -0.438 e. The SMILES string of the molecule is Cc1nc2c(o1)C(=O)C1(CCN(c3nc(C)c(-c4ccccc4F)n4nccc34)CC1)C2. The zero-order valence-electron chi connectivity index (χ0n) is 17.9. The monoisotopic (exact) mass is 431 g/mol. The van der Waals surface area contributed by atoms with E-state index in [2.05, 4.69) is 15.0 Å². The predicted octanol–water partition coefficient (Wildman–Crippen LogP) is 4.17. The summed E-state index contributed by atoms with van der Waals surface area (Å²) in [6.45, 7) is 5.05. The highest BCUT2D eigenvalue weighted by molar-refractivity contribution is 6.02. The van der Waals surface area contributed by atoms with Crippen LogP contribution in [0, 0.1) is 25.1 Å². The van der Waals surface area contributed by atoms with Crippen LogP contribution in [-0.2, 0) is 6.42 Å². The Bertz CT molecular complexity index is 1380. The van der Waals surface area contributed by atoms with Gasteiger partial charge in [-0.3, -0.25) is 4.79 Å². The summed E-state index contributed by atoms with van der Waals surface area (Å²) >= 11 is 0. The van der Waals surface area contributed by atoms with Gasteiger partial charge in [-0.05, 0) is 38.0 Å². The maximum absolute atomic E-state index is 14.5. The van der Waals surface area contributed by atoms with Gasteiger partial charge in [0.2, 0.25) is 5.78 Å². The molecule has 0 bridgehead atoms. The van der Waals surface area contributed by atoms with E-state index in [4.69, 9.17) is 9.40 Å². The third-order valence-electron chi connectivity index (χ3n) is 6.85. The first kappa shape index (κ1) is 19.2. The van der Waals surface area contributed by atoms with Crippen LogP contribution >= 0.6 is 0 Å². The Balaban J connectivity index is 1.33. The molecule has 0 radical (unpaired) electrons. The maximum Gasteiger partial charge on any atom is 0.206 e. The average Bonchev–Trinajstić information content (AvgIpc) is 3.46. The van der Waals surface area contributed by atoms with Crippen LogP contribution < -0.4 is 4.90 Å². The Morgan fingerprint density at radius 3 is 2.62 bits per heavy atom. The molecule has 0 atom stereocenters. The van der Waals surface area contributed by atoms with E-state index >= 15 is 0 Å². The first-order valence-electron chi connectivity index (χ1n) is 10.8. The number of fused-ring (bicyclic) bond motifs is 2. The molecule has 0 amide bonds. The molecule has 2 aliphatic rings. The second-order valence-electron chi connectivity index (χ2n) is 8.76. The highest BCUT2D eigenvalue weighted by atomic mass is 19.1. The minimum absolute atomic E-state index is 0.0845. The van der Waals surface area contributed by atoms with Gasteiger partial charge in [0.05, 0.1) is 23.3 Å². The average molecular weight is 431 g/mol. The number of oxazole rings is 1. The normalized spacial score (nSPS) is 17.5. The summed E-state index contributed by atoms with van der Waals surface area (Å²) in [7, 11) is 0. The molecular weight excluding hydrogens is 409 g/mol. The molecule has 32 heavy (non-hydrogen) atoms. The van der Waals surface area contributed by atoms with Gasteiger partial charge in [-0.1, -0.05) is 12.1 Å². The van der Waals surface area contributed by atoms with Crippen molar-refractivity contribution in [2.24, 2.45) is 5.41 Å². The first-order chi connectivity index (χ1) is 15.5. The number of Topliss-reactive ketones (excluding diaryl/α,β-unsaturated/α-hetero) is 1. The number of hydrogen-bond acceptors (Lipinski definition) is 6. The smallest absolute Gasteiger partial charge is 0.206 e. The molecule has 0 unspecified atom stereocenters. The van der Waals surface area contributed by atoms with Crippen molar-refractivity contribution in [1.82, 2.24) is 19.6 Å². The standard InChI is InChI=1S/C24H22FN5O2/c1-14-20(16-5-3-4-6-17(16)25)30-19(7-10-26-30)23(27-14)29-11-8-24(9-12-29)13-18-21(22(24)31)32-15(2)28-18/h3-7,10H,8-9,11-13H2,1-2H3. The topological polar surface area (TPSA) is 76.5 Å². The highest BCUT2D eigenvalue weighted by Crippen LogP contribution is 2.45. The quantitative estimate of drug-likeness (QED) is 0.474. The Morgan fingerprint density at radius 1 is 1.09 bits per heavy atom. The van der Waals surface area contributed by atoms with E-state index < -0.39 is 5.41 Å². The summed E-state index contributed by atoms with van der Waals surface area (Å²) in [5, 5.41) is 4.47. The number of carbonyl (C=O) groups excluding carboxylic acids is 1. The second kappa shape index (κ2) is 6.72. The van der Waals surface area contributed by atoms with Crippen molar-refractivity contribution in [3.63, 3.8) is 0 Å². The Hall–Kier alpha value is -3.55. The van der Waals surface area contributed by atoms with Gasteiger partial charge in [0.1, 0.15) is 11.3 Å². The van der Waals surface area contributed by atoms with Gasteiger partial charge in [0, 0.05) is 37.4 Å². The molecular formula is C24H22FN5O2. The van der Waals surface area contributed by atoms with Crippen molar-refractivity contribution in [3.05, 3.63) is 65.4 Å². The summed E-state index contributed by atoms with van der Waals surface area (Å²) < 4.78 is 21.9. The van der Waals surface area contributed by atoms with Gasteiger partial charge in [-0.25, -0.2) is 18.9 Å². The number of benzene rings is 1. The highest BCUT2D eigenvalue weighted by Gasteiger charge is 2.50. The van der Waals surface area contributed by atoms with Crippen molar-refractivity contribution in [2.45, 2.75) is 33.1 Å². The van der Waals surface area contributed by atoms with E-state index in [1.54, 1.807) is 29.8 Å². The van der Waals surface area contributed by atoms with Crippen LogP contribution in [0.4, 0.5) is 10.2 Å². The van der Waals surface area contributed by atoms with E-state index in [0.717, 1.165) is 17.0 Å².